The van der Waals surface area contributed by atoms with E-state index >= 15 is 0 Å². The fourth-order valence-electron chi connectivity index (χ4n) is 2.12. The van der Waals surface area contributed by atoms with E-state index in [1.165, 1.54) is 18.1 Å². The molecule has 0 saturated carbocycles. The molecule has 0 spiro atoms. The summed E-state index contributed by atoms with van der Waals surface area (Å²) < 4.78 is 1.77. The van der Waals surface area contributed by atoms with Gasteiger partial charge in [-0.1, -0.05) is 0 Å². The molecule has 96 valence electrons. The van der Waals surface area contributed by atoms with Crippen LogP contribution in [0.4, 0.5) is 0 Å². The lowest BCUT2D eigenvalue weighted by Crippen LogP contribution is -2.20. The molecule has 2 aromatic rings. The maximum atomic E-state index is 11.5. The van der Waals surface area contributed by atoms with Gasteiger partial charge in [0.15, 0.2) is 11.2 Å². The second-order valence-corrected chi connectivity index (χ2v) is 5.59. The van der Waals surface area contributed by atoms with Crippen LogP contribution in [0.3, 0.4) is 0 Å². The van der Waals surface area contributed by atoms with Gasteiger partial charge in [-0.15, -0.1) is 11.8 Å². The smallest absolute Gasteiger partial charge is 0.278 e. The van der Waals surface area contributed by atoms with Gasteiger partial charge in [-0.25, -0.2) is 9.97 Å². The molecule has 3 N–H and O–H groups in total. The average molecular weight is 268 g/mol. The van der Waals surface area contributed by atoms with E-state index in [9.17, 15) is 9.90 Å². The number of nitrogens with one attached hydrogen (secondary N) is 1. The maximum Gasteiger partial charge on any atom is 0.278 e. The number of aliphatic hydroxyl groups is 2. The molecule has 3 rings (SSSR count). The van der Waals surface area contributed by atoms with Gasteiger partial charge in [0.05, 0.1) is 36.0 Å². The summed E-state index contributed by atoms with van der Waals surface area (Å²) in [7, 11) is 0. The lowest BCUT2D eigenvalue weighted by molar-refractivity contribution is 0.138. The Morgan fingerprint density at radius 3 is 3.11 bits per heavy atom. The number of aromatic nitrogens is 4. The molecule has 1 aliphatic rings. The third-order valence-electron chi connectivity index (χ3n) is 3.06. The van der Waals surface area contributed by atoms with Crippen LogP contribution in [0.1, 0.15) is 11.8 Å². The highest BCUT2D eigenvalue weighted by atomic mass is 32.2. The maximum absolute atomic E-state index is 11.5. The average Bonchev–Trinajstić information content (AvgIpc) is 2.93. The number of H-pyrrole nitrogens is 1. The van der Waals surface area contributed by atoms with E-state index in [-0.39, 0.29) is 22.8 Å². The van der Waals surface area contributed by atoms with Gasteiger partial charge in [0.1, 0.15) is 0 Å². The quantitative estimate of drug-likeness (QED) is 0.677. The fourth-order valence-corrected chi connectivity index (χ4v) is 3.50. The summed E-state index contributed by atoms with van der Waals surface area (Å²) in [6.07, 6.45) is 2.85. The summed E-state index contributed by atoms with van der Waals surface area (Å²) in [6.45, 7) is -0.0665. The fraction of sp³-hybridized carbons (Fsp3) is 0.500. The van der Waals surface area contributed by atoms with E-state index in [0.717, 1.165) is 0 Å². The Hall–Kier alpha value is -1.38. The summed E-state index contributed by atoms with van der Waals surface area (Å²) in [5, 5.41) is 18.7. The van der Waals surface area contributed by atoms with Crippen molar-refractivity contribution < 1.29 is 10.2 Å². The molecule has 0 bridgehead atoms. The van der Waals surface area contributed by atoms with E-state index in [1.807, 2.05) is 0 Å². The van der Waals surface area contributed by atoms with Gasteiger partial charge in [0, 0.05) is 6.42 Å². The molecule has 0 aliphatic carbocycles. The predicted molar refractivity (Wildman–Crippen MR) is 66.3 cm³/mol. The van der Waals surface area contributed by atoms with Crippen LogP contribution in [0.15, 0.2) is 17.4 Å². The first kappa shape index (κ1) is 11.7. The summed E-state index contributed by atoms with van der Waals surface area (Å²) in [5.41, 5.74) is 0.517. The van der Waals surface area contributed by atoms with Crippen molar-refractivity contribution in [3.63, 3.8) is 0 Å². The predicted octanol–water partition coefficient (Wildman–Crippen LogP) is -0.523. The molecule has 1 fully saturated rings. The molecule has 0 radical (unpaired) electrons. The van der Waals surface area contributed by atoms with Crippen molar-refractivity contribution in [2.75, 3.05) is 6.61 Å². The standard InChI is InChI=1S/C10H12N4O3S/c15-2-6-5(16)1-7(18-6)14-4-13-8-9(14)11-3-12-10(8)17/h3-7,15-16H,1-2H2,(H,11,12,17)/t5-,6-,7-/m0/s1. The summed E-state index contributed by atoms with van der Waals surface area (Å²) in [6, 6.07) is 0. The minimum Gasteiger partial charge on any atom is -0.395 e. The van der Waals surface area contributed by atoms with Crippen molar-refractivity contribution in [3.8, 4) is 0 Å². The van der Waals surface area contributed by atoms with Gasteiger partial charge >= 0.3 is 0 Å². The zero-order valence-corrected chi connectivity index (χ0v) is 10.2. The third kappa shape index (κ3) is 1.73. The van der Waals surface area contributed by atoms with Crippen LogP contribution in [0.5, 0.6) is 0 Å². The molecule has 0 aromatic carbocycles. The van der Waals surface area contributed by atoms with Crippen molar-refractivity contribution in [3.05, 3.63) is 23.0 Å². The molecule has 7 nitrogen and oxygen atoms in total. The minimum atomic E-state index is -0.551. The Kier molecular flexibility index (Phi) is 2.84. The first-order chi connectivity index (χ1) is 8.70. The van der Waals surface area contributed by atoms with Crippen LogP contribution < -0.4 is 5.56 Å². The van der Waals surface area contributed by atoms with Crippen LogP contribution in [0.25, 0.3) is 11.2 Å². The van der Waals surface area contributed by atoms with Crippen LogP contribution in [0, 0.1) is 0 Å². The largest absolute Gasteiger partial charge is 0.395 e. The minimum absolute atomic E-state index is 0.0588. The van der Waals surface area contributed by atoms with E-state index in [0.29, 0.717) is 17.6 Å². The van der Waals surface area contributed by atoms with Crippen molar-refractivity contribution >= 4 is 22.9 Å². The molecular formula is C10H12N4O3S. The van der Waals surface area contributed by atoms with Gasteiger partial charge in [0.2, 0.25) is 0 Å². The van der Waals surface area contributed by atoms with Gasteiger partial charge in [-0.2, -0.15) is 0 Å². The number of imidazole rings is 1. The highest BCUT2D eigenvalue weighted by Crippen LogP contribution is 2.42. The van der Waals surface area contributed by atoms with Gasteiger partial charge < -0.3 is 19.8 Å². The van der Waals surface area contributed by atoms with Gasteiger partial charge in [-0.3, -0.25) is 4.79 Å². The number of aromatic amines is 1. The Balaban J connectivity index is 2.01. The van der Waals surface area contributed by atoms with Crippen LogP contribution in [-0.4, -0.2) is 47.7 Å². The van der Waals surface area contributed by atoms with Crippen molar-refractivity contribution in [1.82, 2.24) is 19.5 Å². The Morgan fingerprint density at radius 1 is 1.56 bits per heavy atom. The first-order valence-corrected chi connectivity index (χ1v) is 6.49. The Bertz CT molecular complexity index is 625. The second kappa shape index (κ2) is 4.38. The second-order valence-electron chi connectivity index (χ2n) is 4.17. The third-order valence-corrected chi connectivity index (χ3v) is 4.61. The molecule has 1 saturated heterocycles. The Morgan fingerprint density at radius 2 is 2.39 bits per heavy atom. The highest BCUT2D eigenvalue weighted by molar-refractivity contribution is 8.00. The lowest BCUT2D eigenvalue weighted by Gasteiger charge is -2.11. The van der Waals surface area contributed by atoms with Gasteiger partial charge in [0.25, 0.3) is 5.56 Å². The SMILES string of the molecule is O=c1[nH]cnc2c1ncn2[C@@H]1C[C@H](O)[C@H](CO)S1. The summed E-state index contributed by atoms with van der Waals surface area (Å²) >= 11 is 1.47. The summed E-state index contributed by atoms with van der Waals surface area (Å²) in [5.74, 6) is 0. The molecular weight excluding hydrogens is 256 g/mol. The number of nitrogens with zero attached hydrogens (tertiary/aromatic N) is 3. The van der Waals surface area contributed by atoms with Gasteiger partial charge in [-0.05, 0) is 0 Å². The topological polar surface area (TPSA) is 104 Å². The monoisotopic (exact) mass is 268 g/mol. The number of rotatable bonds is 2. The molecule has 2 aromatic heterocycles. The van der Waals surface area contributed by atoms with Crippen molar-refractivity contribution in [1.29, 1.82) is 0 Å². The Labute approximate surface area is 106 Å². The van der Waals surface area contributed by atoms with E-state index < -0.39 is 6.10 Å². The zero-order chi connectivity index (χ0) is 12.7. The number of fused-ring (bicyclic) bond motifs is 1. The number of aliphatic hydroxyl groups excluding tert-OH is 2. The lowest BCUT2D eigenvalue weighted by atomic mass is 10.2. The molecule has 3 heterocycles. The molecule has 3 atom stereocenters. The number of thioether (sulfide) groups is 1. The first-order valence-electron chi connectivity index (χ1n) is 5.55. The zero-order valence-electron chi connectivity index (χ0n) is 9.35. The van der Waals surface area contributed by atoms with E-state index in [4.69, 9.17) is 5.11 Å². The van der Waals surface area contributed by atoms with Crippen LogP contribution in [0.2, 0.25) is 0 Å². The molecule has 0 amide bonds. The summed E-state index contributed by atoms with van der Waals surface area (Å²) in [4.78, 5) is 22.1. The molecule has 0 unspecified atom stereocenters. The van der Waals surface area contributed by atoms with Crippen molar-refractivity contribution in [2.24, 2.45) is 0 Å². The molecule has 8 heteroatoms. The molecule has 18 heavy (non-hydrogen) atoms. The number of hydrogen-bond donors (Lipinski definition) is 3. The number of hydrogen-bond acceptors (Lipinski definition) is 6. The van der Waals surface area contributed by atoms with Crippen LogP contribution in [-0.2, 0) is 0 Å². The van der Waals surface area contributed by atoms with Crippen LogP contribution >= 0.6 is 11.8 Å². The van der Waals surface area contributed by atoms with Crippen molar-refractivity contribution in [2.45, 2.75) is 23.1 Å². The van der Waals surface area contributed by atoms with E-state index in [1.54, 1.807) is 10.9 Å². The van der Waals surface area contributed by atoms with E-state index in [2.05, 4.69) is 15.0 Å². The normalized spacial score (nSPS) is 28.0. The highest BCUT2D eigenvalue weighted by Gasteiger charge is 2.35. The molecule has 1 aliphatic heterocycles.